The Morgan fingerprint density at radius 2 is 1.56 bits per heavy atom. The summed E-state index contributed by atoms with van der Waals surface area (Å²) in [5.41, 5.74) is 0.953. The molecule has 1 saturated heterocycles. The molecule has 0 saturated carbocycles. The number of aliphatic hydroxyl groups is 1. The number of likely N-dealkylation sites (N-methyl/N-ethyl adjacent to an activating group) is 1. The number of halogens is 2. The van der Waals surface area contributed by atoms with E-state index >= 15 is 0 Å². The number of amides is 1. The van der Waals surface area contributed by atoms with Crippen molar-refractivity contribution in [2.75, 3.05) is 33.8 Å². The number of rotatable bonds is 8. The van der Waals surface area contributed by atoms with Crippen LogP contribution in [0, 0.1) is 11.6 Å². The monoisotopic (exact) mass is 494 g/mol. The molecule has 0 spiro atoms. The van der Waals surface area contributed by atoms with E-state index in [0.717, 1.165) is 12.1 Å². The predicted molar refractivity (Wildman–Crippen MR) is 135 cm³/mol. The highest BCUT2D eigenvalue weighted by Crippen LogP contribution is 2.37. The highest BCUT2D eigenvalue weighted by atomic mass is 19.1. The molecule has 0 bridgehead atoms. The summed E-state index contributed by atoms with van der Waals surface area (Å²) in [6.07, 6.45) is 0.307. The van der Waals surface area contributed by atoms with E-state index in [0.29, 0.717) is 36.4 Å². The van der Waals surface area contributed by atoms with Gasteiger partial charge in [-0.3, -0.25) is 9.69 Å². The number of carbonyl (C=O) groups is 1. The Balaban J connectivity index is 1.75. The smallest absolute Gasteiger partial charge is 0.237 e. The predicted octanol–water partition coefficient (Wildman–Crippen LogP) is 4.55. The Hall–Kier alpha value is -3.29. The first-order valence-corrected chi connectivity index (χ1v) is 12.1. The SMILES string of the molecule is COc1ccc([C@@H](CN2CC[C@H](O)C2)N(C)C(=O)C(C)(c2ccc(F)cc2)c2ccc(F)cc2)cc1. The Morgan fingerprint density at radius 3 is 2.00 bits per heavy atom. The molecule has 3 aromatic carbocycles. The fourth-order valence-electron chi connectivity index (χ4n) is 4.97. The van der Waals surface area contributed by atoms with Crippen molar-refractivity contribution < 1.29 is 23.4 Å². The Labute approximate surface area is 210 Å². The molecule has 0 aliphatic carbocycles. The van der Waals surface area contributed by atoms with Gasteiger partial charge < -0.3 is 14.7 Å². The standard InChI is InChI=1S/C29H32F2N2O3/c1-29(21-6-10-23(30)11-7-21,22-8-12-24(31)13-9-22)28(35)32(2)27(19-33-17-16-25(34)18-33)20-4-14-26(36-3)15-5-20/h4-15,25,27,34H,16-19H2,1-3H3/t25-,27+/m0/s1. The lowest BCUT2D eigenvalue weighted by molar-refractivity contribution is -0.136. The zero-order valence-electron chi connectivity index (χ0n) is 20.8. The minimum atomic E-state index is -1.19. The van der Waals surface area contributed by atoms with Gasteiger partial charge in [0.05, 0.1) is 24.7 Å². The van der Waals surface area contributed by atoms with E-state index in [1.165, 1.54) is 24.3 Å². The van der Waals surface area contributed by atoms with Gasteiger partial charge in [-0.1, -0.05) is 36.4 Å². The van der Waals surface area contributed by atoms with Crippen LogP contribution in [0.4, 0.5) is 8.78 Å². The van der Waals surface area contributed by atoms with E-state index in [-0.39, 0.29) is 18.1 Å². The lowest BCUT2D eigenvalue weighted by atomic mass is 9.74. The minimum Gasteiger partial charge on any atom is -0.497 e. The van der Waals surface area contributed by atoms with E-state index in [1.54, 1.807) is 50.2 Å². The maximum atomic E-state index is 14.4. The molecule has 3 aromatic rings. The molecule has 36 heavy (non-hydrogen) atoms. The van der Waals surface area contributed by atoms with Crippen LogP contribution in [-0.4, -0.2) is 60.7 Å². The highest BCUT2D eigenvalue weighted by molar-refractivity contribution is 5.92. The largest absolute Gasteiger partial charge is 0.497 e. The number of hydrogen-bond donors (Lipinski definition) is 1. The maximum absolute atomic E-state index is 14.4. The molecule has 2 atom stereocenters. The van der Waals surface area contributed by atoms with Crippen LogP contribution >= 0.6 is 0 Å². The zero-order chi connectivity index (χ0) is 25.9. The third-order valence-corrected chi connectivity index (χ3v) is 7.24. The van der Waals surface area contributed by atoms with E-state index in [1.807, 2.05) is 24.3 Å². The first kappa shape index (κ1) is 25.8. The summed E-state index contributed by atoms with van der Waals surface area (Å²) >= 11 is 0. The number of hydrogen-bond acceptors (Lipinski definition) is 4. The van der Waals surface area contributed by atoms with Crippen molar-refractivity contribution in [3.8, 4) is 5.75 Å². The summed E-state index contributed by atoms with van der Waals surface area (Å²) in [4.78, 5) is 18.2. The van der Waals surface area contributed by atoms with E-state index in [9.17, 15) is 18.7 Å². The molecule has 1 heterocycles. The van der Waals surface area contributed by atoms with Gasteiger partial charge in [-0.15, -0.1) is 0 Å². The summed E-state index contributed by atoms with van der Waals surface area (Å²) in [5.74, 6) is -0.291. The lowest BCUT2D eigenvalue weighted by Crippen LogP contribution is -2.48. The minimum absolute atomic E-state index is 0.207. The van der Waals surface area contributed by atoms with Gasteiger partial charge in [0.1, 0.15) is 17.4 Å². The van der Waals surface area contributed by atoms with Crippen molar-refractivity contribution in [3.63, 3.8) is 0 Å². The first-order chi connectivity index (χ1) is 17.2. The normalized spacial score (nSPS) is 17.1. The average Bonchev–Trinajstić information content (AvgIpc) is 3.31. The van der Waals surface area contributed by atoms with Gasteiger partial charge >= 0.3 is 0 Å². The third kappa shape index (κ3) is 5.27. The Bertz CT molecular complexity index is 1120. The van der Waals surface area contributed by atoms with Crippen molar-refractivity contribution >= 4 is 5.91 Å². The van der Waals surface area contributed by atoms with E-state index < -0.39 is 17.0 Å². The van der Waals surface area contributed by atoms with Crippen LogP contribution < -0.4 is 4.74 Å². The molecule has 190 valence electrons. The molecule has 5 nitrogen and oxygen atoms in total. The molecule has 1 aliphatic heterocycles. The number of aliphatic hydroxyl groups excluding tert-OH is 1. The Morgan fingerprint density at radius 1 is 1.03 bits per heavy atom. The van der Waals surface area contributed by atoms with Crippen LogP contribution in [0.25, 0.3) is 0 Å². The number of likely N-dealkylation sites (tertiary alicyclic amines) is 1. The van der Waals surface area contributed by atoms with Crippen LogP contribution in [0.2, 0.25) is 0 Å². The number of ether oxygens (including phenoxy) is 1. The van der Waals surface area contributed by atoms with Gasteiger partial charge in [0.25, 0.3) is 0 Å². The molecule has 0 radical (unpaired) electrons. The van der Waals surface area contributed by atoms with Crippen LogP contribution in [-0.2, 0) is 10.2 Å². The summed E-state index contributed by atoms with van der Waals surface area (Å²) in [5, 5.41) is 10.1. The van der Waals surface area contributed by atoms with Crippen molar-refractivity contribution in [2.24, 2.45) is 0 Å². The first-order valence-electron chi connectivity index (χ1n) is 12.1. The fraction of sp³-hybridized carbons (Fsp3) is 0.345. The molecular weight excluding hydrogens is 462 g/mol. The van der Waals surface area contributed by atoms with E-state index in [4.69, 9.17) is 4.74 Å². The summed E-state index contributed by atoms with van der Waals surface area (Å²) in [7, 11) is 3.36. The number of nitrogens with zero attached hydrogens (tertiary/aromatic N) is 2. The summed E-state index contributed by atoms with van der Waals surface area (Å²) < 4.78 is 32.9. The van der Waals surface area contributed by atoms with Crippen molar-refractivity contribution in [2.45, 2.75) is 30.9 Å². The molecule has 0 aromatic heterocycles. The Kier molecular flexibility index (Phi) is 7.71. The second-order valence-corrected chi connectivity index (χ2v) is 9.55. The van der Waals surface area contributed by atoms with Gasteiger partial charge in [-0.2, -0.15) is 0 Å². The molecule has 7 heteroatoms. The van der Waals surface area contributed by atoms with Gasteiger partial charge in [0.15, 0.2) is 0 Å². The molecule has 1 N–H and O–H groups in total. The molecule has 1 amide bonds. The third-order valence-electron chi connectivity index (χ3n) is 7.24. The van der Waals surface area contributed by atoms with E-state index in [2.05, 4.69) is 4.90 Å². The van der Waals surface area contributed by atoms with Gasteiger partial charge in [0, 0.05) is 26.7 Å². The summed E-state index contributed by atoms with van der Waals surface area (Å²) in [6.45, 7) is 3.61. The van der Waals surface area contributed by atoms with Crippen LogP contribution in [0.3, 0.4) is 0 Å². The number of β-amino-alcohol motifs (C(OH)–C–C–N with tert-alkyl or cyclic N) is 1. The van der Waals surface area contributed by atoms with Crippen LogP contribution in [0.15, 0.2) is 72.8 Å². The highest BCUT2D eigenvalue weighted by Gasteiger charge is 2.42. The van der Waals surface area contributed by atoms with Crippen LogP contribution in [0.5, 0.6) is 5.75 Å². The topological polar surface area (TPSA) is 53.0 Å². The average molecular weight is 495 g/mol. The molecule has 4 rings (SSSR count). The number of benzene rings is 3. The molecule has 1 aliphatic rings. The fourth-order valence-corrected chi connectivity index (χ4v) is 4.97. The second-order valence-electron chi connectivity index (χ2n) is 9.55. The number of methoxy groups -OCH3 is 1. The molecule has 1 fully saturated rings. The van der Waals surface area contributed by atoms with Crippen molar-refractivity contribution in [3.05, 3.63) is 101 Å². The van der Waals surface area contributed by atoms with Gasteiger partial charge in [-0.05, 0) is 66.4 Å². The van der Waals surface area contributed by atoms with Gasteiger partial charge in [0.2, 0.25) is 5.91 Å². The zero-order valence-corrected chi connectivity index (χ0v) is 20.8. The van der Waals surface area contributed by atoms with Crippen molar-refractivity contribution in [1.29, 1.82) is 0 Å². The summed E-state index contributed by atoms with van der Waals surface area (Å²) in [6, 6.07) is 19.0. The maximum Gasteiger partial charge on any atom is 0.237 e. The molecular formula is C29H32F2N2O3. The lowest BCUT2D eigenvalue weighted by Gasteiger charge is -2.39. The molecule has 0 unspecified atom stereocenters. The van der Waals surface area contributed by atoms with Crippen molar-refractivity contribution in [1.82, 2.24) is 9.80 Å². The second kappa shape index (κ2) is 10.8. The van der Waals surface area contributed by atoms with Gasteiger partial charge in [-0.25, -0.2) is 8.78 Å². The number of carbonyl (C=O) groups excluding carboxylic acids is 1. The quantitative estimate of drug-likeness (QED) is 0.500. The van der Waals surface area contributed by atoms with Crippen LogP contribution in [0.1, 0.15) is 36.1 Å².